The van der Waals surface area contributed by atoms with Crippen molar-refractivity contribution in [2.24, 2.45) is 17.8 Å². The van der Waals surface area contributed by atoms with Gasteiger partial charge in [0.25, 0.3) is 0 Å². The molecule has 0 aromatic carbocycles. The minimum absolute atomic E-state index is 0.788. The van der Waals surface area contributed by atoms with E-state index in [4.69, 9.17) is 0 Å². The van der Waals surface area contributed by atoms with E-state index in [0.29, 0.717) is 0 Å². The maximum atomic E-state index is 3.70. The van der Waals surface area contributed by atoms with E-state index in [1.807, 2.05) is 0 Å². The SMILES string of the molecule is CCCCCCCCC1CCCCC1CNCC(C)C. The Balaban J connectivity index is 2.12. The van der Waals surface area contributed by atoms with Crippen molar-refractivity contribution in [1.29, 1.82) is 0 Å². The van der Waals surface area contributed by atoms with Crippen molar-refractivity contribution in [1.82, 2.24) is 5.32 Å². The van der Waals surface area contributed by atoms with Crippen LogP contribution in [0.4, 0.5) is 0 Å². The quantitative estimate of drug-likeness (QED) is 0.473. The molecule has 20 heavy (non-hydrogen) atoms. The van der Waals surface area contributed by atoms with Gasteiger partial charge in [-0.2, -0.15) is 0 Å². The molecule has 0 aliphatic heterocycles. The van der Waals surface area contributed by atoms with Crippen molar-refractivity contribution in [2.45, 2.75) is 91.4 Å². The van der Waals surface area contributed by atoms with Crippen molar-refractivity contribution in [3.8, 4) is 0 Å². The van der Waals surface area contributed by atoms with Crippen LogP contribution in [0.1, 0.15) is 91.4 Å². The van der Waals surface area contributed by atoms with Crippen molar-refractivity contribution in [2.75, 3.05) is 13.1 Å². The minimum atomic E-state index is 0.788. The van der Waals surface area contributed by atoms with Gasteiger partial charge in [0.2, 0.25) is 0 Å². The summed E-state index contributed by atoms with van der Waals surface area (Å²) in [6, 6.07) is 0. The van der Waals surface area contributed by atoms with Crippen LogP contribution in [0.3, 0.4) is 0 Å². The van der Waals surface area contributed by atoms with E-state index in [1.165, 1.54) is 83.7 Å². The third-order valence-corrected chi connectivity index (χ3v) is 4.95. The fourth-order valence-corrected chi connectivity index (χ4v) is 3.68. The highest BCUT2D eigenvalue weighted by Crippen LogP contribution is 2.33. The first kappa shape index (κ1) is 18.0. The molecule has 0 bridgehead atoms. The zero-order valence-electron chi connectivity index (χ0n) is 14.4. The molecule has 0 spiro atoms. The topological polar surface area (TPSA) is 12.0 Å². The normalized spacial score (nSPS) is 23.4. The first-order chi connectivity index (χ1) is 9.74. The molecule has 1 fully saturated rings. The Morgan fingerprint density at radius 1 is 0.900 bits per heavy atom. The Kier molecular flexibility index (Phi) is 10.4. The number of hydrogen-bond donors (Lipinski definition) is 1. The van der Waals surface area contributed by atoms with Gasteiger partial charge < -0.3 is 5.32 Å². The van der Waals surface area contributed by atoms with E-state index in [1.54, 1.807) is 0 Å². The molecule has 0 radical (unpaired) electrons. The highest BCUT2D eigenvalue weighted by Gasteiger charge is 2.24. The minimum Gasteiger partial charge on any atom is -0.316 e. The van der Waals surface area contributed by atoms with Gasteiger partial charge in [-0.1, -0.05) is 85.0 Å². The van der Waals surface area contributed by atoms with Gasteiger partial charge >= 0.3 is 0 Å². The Morgan fingerprint density at radius 2 is 1.55 bits per heavy atom. The molecule has 2 atom stereocenters. The molecule has 1 saturated carbocycles. The van der Waals surface area contributed by atoms with Crippen LogP contribution in [-0.4, -0.2) is 13.1 Å². The Hall–Kier alpha value is -0.0400. The molecule has 0 aromatic heterocycles. The number of hydrogen-bond acceptors (Lipinski definition) is 1. The number of unbranched alkanes of at least 4 members (excludes halogenated alkanes) is 5. The second-order valence-corrected chi connectivity index (χ2v) is 7.41. The highest BCUT2D eigenvalue weighted by molar-refractivity contribution is 4.77. The fraction of sp³-hybridized carbons (Fsp3) is 1.00. The summed E-state index contributed by atoms with van der Waals surface area (Å²) in [5.74, 6) is 2.78. The van der Waals surface area contributed by atoms with Crippen molar-refractivity contribution in [3.63, 3.8) is 0 Å². The average Bonchev–Trinajstić information content (AvgIpc) is 2.44. The zero-order valence-corrected chi connectivity index (χ0v) is 14.4. The zero-order chi connectivity index (χ0) is 14.6. The Labute approximate surface area is 128 Å². The second kappa shape index (κ2) is 11.6. The van der Waals surface area contributed by atoms with E-state index in [-0.39, 0.29) is 0 Å². The summed E-state index contributed by atoms with van der Waals surface area (Å²) >= 11 is 0. The standard InChI is InChI=1S/C19H39N/c1-4-5-6-7-8-9-12-18-13-10-11-14-19(18)16-20-15-17(2)3/h17-20H,4-16H2,1-3H3. The summed E-state index contributed by atoms with van der Waals surface area (Å²) in [6.07, 6.45) is 16.1. The summed E-state index contributed by atoms with van der Waals surface area (Å²) < 4.78 is 0. The van der Waals surface area contributed by atoms with Crippen LogP contribution in [0.2, 0.25) is 0 Å². The van der Waals surface area contributed by atoms with E-state index in [9.17, 15) is 0 Å². The van der Waals surface area contributed by atoms with Gasteiger partial charge in [0.1, 0.15) is 0 Å². The molecule has 120 valence electrons. The lowest BCUT2D eigenvalue weighted by Gasteiger charge is -2.32. The first-order valence-corrected chi connectivity index (χ1v) is 9.44. The van der Waals surface area contributed by atoms with Gasteiger partial charge in [-0.3, -0.25) is 0 Å². The summed E-state index contributed by atoms with van der Waals surface area (Å²) in [7, 11) is 0. The summed E-state index contributed by atoms with van der Waals surface area (Å²) in [6.45, 7) is 9.39. The van der Waals surface area contributed by atoms with Crippen LogP contribution in [0, 0.1) is 17.8 Å². The van der Waals surface area contributed by atoms with Gasteiger partial charge in [0.15, 0.2) is 0 Å². The molecule has 1 heteroatoms. The maximum Gasteiger partial charge on any atom is -0.00178 e. The fourth-order valence-electron chi connectivity index (χ4n) is 3.68. The maximum absolute atomic E-state index is 3.70. The van der Waals surface area contributed by atoms with Gasteiger partial charge in [0, 0.05) is 0 Å². The van der Waals surface area contributed by atoms with E-state index in [0.717, 1.165) is 17.8 Å². The largest absolute Gasteiger partial charge is 0.316 e. The Bertz CT molecular complexity index is 212. The lowest BCUT2D eigenvalue weighted by atomic mass is 9.76. The van der Waals surface area contributed by atoms with E-state index in [2.05, 4.69) is 26.1 Å². The van der Waals surface area contributed by atoms with Gasteiger partial charge in [-0.15, -0.1) is 0 Å². The predicted molar refractivity (Wildman–Crippen MR) is 91.1 cm³/mol. The molecule has 1 nitrogen and oxygen atoms in total. The molecular weight excluding hydrogens is 242 g/mol. The Morgan fingerprint density at radius 3 is 2.25 bits per heavy atom. The molecule has 0 heterocycles. The monoisotopic (exact) mass is 281 g/mol. The summed E-state index contributed by atoms with van der Waals surface area (Å²) in [5.41, 5.74) is 0. The molecule has 0 aromatic rings. The number of rotatable bonds is 11. The molecule has 1 rings (SSSR count). The molecule has 1 N–H and O–H groups in total. The second-order valence-electron chi connectivity index (χ2n) is 7.41. The molecule has 0 saturated heterocycles. The lowest BCUT2D eigenvalue weighted by Crippen LogP contribution is -2.32. The summed E-state index contributed by atoms with van der Waals surface area (Å²) in [5, 5.41) is 3.70. The number of nitrogens with one attached hydrogen (secondary N) is 1. The van der Waals surface area contributed by atoms with Crippen LogP contribution in [0.15, 0.2) is 0 Å². The molecule has 1 aliphatic rings. The predicted octanol–water partition coefficient (Wildman–Crippen LogP) is 5.79. The van der Waals surface area contributed by atoms with Crippen LogP contribution >= 0.6 is 0 Å². The third-order valence-electron chi connectivity index (χ3n) is 4.95. The smallest absolute Gasteiger partial charge is 0.00178 e. The van der Waals surface area contributed by atoms with E-state index < -0.39 is 0 Å². The third kappa shape index (κ3) is 8.29. The van der Waals surface area contributed by atoms with Crippen LogP contribution in [-0.2, 0) is 0 Å². The molecule has 0 amide bonds. The molecule has 2 unspecified atom stereocenters. The van der Waals surface area contributed by atoms with Crippen molar-refractivity contribution in [3.05, 3.63) is 0 Å². The van der Waals surface area contributed by atoms with Crippen molar-refractivity contribution < 1.29 is 0 Å². The van der Waals surface area contributed by atoms with Gasteiger partial charge in [0.05, 0.1) is 0 Å². The average molecular weight is 282 g/mol. The van der Waals surface area contributed by atoms with Crippen molar-refractivity contribution >= 4 is 0 Å². The summed E-state index contributed by atoms with van der Waals surface area (Å²) in [4.78, 5) is 0. The van der Waals surface area contributed by atoms with Gasteiger partial charge in [-0.25, -0.2) is 0 Å². The highest BCUT2D eigenvalue weighted by atomic mass is 14.9. The van der Waals surface area contributed by atoms with Gasteiger partial charge in [-0.05, 0) is 37.3 Å². The van der Waals surface area contributed by atoms with Crippen LogP contribution < -0.4 is 5.32 Å². The first-order valence-electron chi connectivity index (χ1n) is 9.44. The molecule has 1 aliphatic carbocycles. The lowest BCUT2D eigenvalue weighted by molar-refractivity contribution is 0.211. The molecular formula is C19H39N. The van der Waals surface area contributed by atoms with Crippen LogP contribution in [0.25, 0.3) is 0 Å². The van der Waals surface area contributed by atoms with Crippen LogP contribution in [0.5, 0.6) is 0 Å². The van der Waals surface area contributed by atoms with E-state index >= 15 is 0 Å².